The maximum atomic E-state index is 12.6. The maximum absolute atomic E-state index is 12.6. The Hall–Kier alpha value is -1.36. The number of fused-ring (bicyclic) bond motifs is 1. The summed E-state index contributed by atoms with van der Waals surface area (Å²) in [6, 6.07) is 13.4. The average Bonchev–Trinajstić information content (AvgIpc) is 2.70. The van der Waals surface area contributed by atoms with Gasteiger partial charge in [-0.05, 0) is 36.6 Å². The molecule has 6 heteroatoms. The fourth-order valence-electron chi connectivity index (χ4n) is 3.58. The first-order chi connectivity index (χ1) is 13.5. The molecule has 0 aliphatic carbocycles. The van der Waals surface area contributed by atoms with Crippen molar-refractivity contribution in [2.75, 3.05) is 5.75 Å². The summed E-state index contributed by atoms with van der Waals surface area (Å²) in [6.45, 7) is 4.28. The summed E-state index contributed by atoms with van der Waals surface area (Å²) in [7, 11) is 0. The molecule has 2 aromatic carbocycles. The number of ether oxygens (including phenoxy) is 1. The Morgan fingerprint density at radius 3 is 2.50 bits per heavy atom. The van der Waals surface area contributed by atoms with Gasteiger partial charge in [0.1, 0.15) is 11.4 Å². The molecule has 0 aromatic heterocycles. The van der Waals surface area contributed by atoms with Crippen LogP contribution in [0, 0.1) is 0 Å². The van der Waals surface area contributed by atoms with Crippen molar-refractivity contribution in [1.82, 2.24) is 5.32 Å². The first-order valence-corrected chi connectivity index (χ1v) is 11.5. The average molecular weight is 438 g/mol. The molecule has 3 rings (SSSR count). The number of hydrogen-bond acceptors (Lipinski definition) is 3. The third-order valence-corrected chi connectivity index (χ3v) is 7.03. The lowest BCUT2D eigenvalue weighted by Gasteiger charge is -2.41. The minimum Gasteiger partial charge on any atom is -0.487 e. The van der Waals surface area contributed by atoms with Gasteiger partial charge in [0.05, 0.1) is 11.8 Å². The number of carbonyl (C=O) groups is 1. The van der Waals surface area contributed by atoms with Crippen molar-refractivity contribution >= 4 is 40.9 Å². The second-order valence-electron chi connectivity index (χ2n) is 7.05. The number of rotatable bonds is 7. The molecule has 1 heterocycles. The van der Waals surface area contributed by atoms with Crippen LogP contribution in [-0.4, -0.2) is 17.3 Å². The Kier molecular flexibility index (Phi) is 7.19. The molecule has 1 aliphatic rings. The highest BCUT2D eigenvalue weighted by Crippen LogP contribution is 2.42. The second kappa shape index (κ2) is 9.43. The van der Waals surface area contributed by atoms with Crippen LogP contribution >= 0.6 is 35.0 Å². The van der Waals surface area contributed by atoms with E-state index in [2.05, 4.69) is 19.2 Å². The minimum absolute atomic E-state index is 0.0102. The number of nitrogens with one attached hydrogen (secondary N) is 1. The van der Waals surface area contributed by atoms with E-state index in [9.17, 15) is 4.79 Å². The van der Waals surface area contributed by atoms with Gasteiger partial charge in [-0.15, -0.1) is 11.8 Å². The number of benzene rings is 2. The monoisotopic (exact) mass is 437 g/mol. The van der Waals surface area contributed by atoms with Crippen LogP contribution in [0.4, 0.5) is 0 Å². The molecule has 0 spiro atoms. The highest BCUT2D eigenvalue weighted by Gasteiger charge is 2.38. The third-order valence-electron chi connectivity index (χ3n) is 5.36. The Balaban J connectivity index is 1.64. The zero-order valence-corrected chi connectivity index (χ0v) is 18.5. The first-order valence-electron chi connectivity index (χ1n) is 9.56. The SMILES string of the molecule is CCC1(CC)CC(NC(=O)CSCc2c(Cl)cccc2Cl)c2ccccc2O1. The van der Waals surface area contributed by atoms with Gasteiger partial charge in [0.25, 0.3) is 0 Å². The topological polar surface area (TPSA) is 38.3 Å². The van der Waals surface area contributed by atoms with E-state index in [0.29, 0.717) is 21.6 Å². The fraction of sp³-hybridized carbons (Fsp3) is 0.409. The van der Waals surface area contributed by atoms with Crippen molar-refractivity contribution in [3.05, 3.63) is 63.6 Å². The van der Waals surface area contributed by atoms with Crippen molar-refractivity contribution in [3.63, 3.8) is 0 Å². The molecule has 0 saturated heterocycles. The minimum atomic E-state index is -0.232. The van der Waals surface area contributed by atoms with Gasteiger partial charge in [0.2, 0.25) is 5.91 Å². The molecule has 0 fully saturated rings. The number of amides is 1. The van der Waals surface area contributed by atoms with Crippen molar-refractivity contribution in [3.8, 4) is 5.75 Å². The normalized spacial score (nSPS) is 17.5. The molecule has 0 bridgehead atoms. The molecule has 3 nitrogen and oxygen atoms in total. The molecule has 0 radical (unpaired) electrons. The van der Waals surface area contributed by atoms with Crippen molar-refractivity contribution in [2.45, 2.75) is 50.5 Å². The van der Waals surface area contributed by atoms with Gasteiger partial charge >= 0.3 is 0 Å². The number of halogens is 2. The molecule has 150 valence electrons. The smallest absolute Gasteiger partial charge is 0.230 e. The first kappa shape index (κ1) is 21.4. The summed E-state index contributed by atoms with van der Waals surface area (Å²) in [4.78, 5) is 12.6. The Bertz CT molecular complexity index is 819. The van der Waals surface area contributed by atoms with Crippen molar-refractivity contribution < 1.29 is 9.53 Å². The van der Waals surface area contributed by atoms with Gasteiger partial charge in [0, 0.05) is 27.8 Å². The van der Waals surface area contributed by atoms with Crippen LogP contribution in [-0.2, 0) is 10.5 Å². The van der Waals surface area contributed by atoms with Crippen LogP contribution < -0.4 is 10.1 Å². The number of para-hydroxylation sites is 1. The van der Waals surface area contributed by atoms with E-state index in [1.807, 2.05) is 42.5 Å². The Labute approximate surface area is 181 Å². The zero-order chi connectivity index (χ0) is 20.1. The molecule has 1 unspecified atom stereocenters. The highest BCUT2D eigenvalue weighted by molar-refractivity contribution is 7.99. The Morgan fingerprint density at radius 1 is 1.14 bits per heavy atom. The summed E-state index contributed by atoms with van der Waals surface area (Å²) in [5.41, 5.74) is 1.69. The van der Waals surface area contributed by atoms with E-state index in [1.54, 1.807) is 0 Å². The van der Waals surface area contributed by atoms with E-state index in [4.69, 9.17) is 27.9 Å². The van der Waals surface area contributed by atoms with Crippen LogP contribution in [0.1, 0.15) is 50.3 Å². The van der Waals surface area contributed by atoms with Gasteiger partial charge in [-0.3, -0.25) is 4.79 Å². The predicted octanol–water partition coefficient (Wildman–Crippen LogP) is 6.43. The molecule has 1 N–H and O–H groups in total. The lowest BCUT2D eigenvalue weighted by atomic mass is 9.83. The molecule has 28 heavy (non-hydrogen) atoms. The van der Waals surface area contributed by atoms with Crippen LogP contribution in [0.25, 0.3) is 0 Å². The standard InChI is InChI=1S/C22H25Cl2NO2S/c1-3-22(4-2)12-19(15-8-5-6-11-20(15)27-22)25-21(26)14-28-13-16-17(23)9-7-10-18(16)24/h5-11,19H,3-4,12-14H2,1-2H3,(H,25,26). The van der Waals surface area contributed by atoms with Gasteiger partial charge in [0.15, 0.2) is 0 Å². The number of carbonyl (C=O) groups excluding carboxylic acids is 1. The molecule has 1 atom stereocenters. The van der Waals surface area contributed by atoms with E-state index in [-0.39, 0.29) is 17.6 Å². The number of hydrogen-bond donors (Lipinski definition) is 1. The van der Waals surface area contributed by atoms with Crippen LogP contribution in [0.2, 0.25) is 10.0 Å². The van der Waals surface area contributed by atoms with Crippen LogP contribution in [0.3, 0.4) is 0 Å². The van der Waals surface area contributed by atoms with Gasteiger partial charge in [-0.2, -0.15) is 0 Å². The lowest BCUT2D eigenvalue weighted by molar-refractivity contribution is -0.120. The summed E-state index contributed by atoms with van der Waals surface area (Å²) in [5, 5.41) is 4.48. The molecular formula is C22H25Cl2NO2S. The summed E-state index contributed by atoms with van der Waals surface area (Å²) < 4.78 is 6.31. The molecule has 2 aromatic rings. The van der Waals surface area contributed by atoms with E-state index in [0.717, 1.165) is 36.1 Å². The molecule has 1 aliphatic heterocycles. The molecular weight excluding hydrogens is 413 g/mol. The molecule has 1 amide bonds. The maximum Gasteiger partial charge on any atom is 0.230 e. The fourth-order valence-corrected chi connectivity index (χ4v) is 5.16. The zero-order valence-electron chi connectivity index (χ0n) is 16.1. The lowest BCUT2D eigenvalue weighted by Crippen LogP contribution is -2.44. The highest BCUT2D eigenvalue weighted by atomic mass is 35.5. The summed E-state index contributed by atoms with van der Waals surface area (Å²) in [5.74, 6) is 1.84. The van der Waals surface area contributed by atoms with E-state index in [1.165, 1.54) is 11.8 Å². The van der Waals surface area contributed by atoms with E-state index < -0.39 is 0 Å². The van der Waals surface area contributed by atoms with Crippen molar-refractivity contribution in [2.24, 2.45) is 0 Å². The van der Waals surface area contributed by atoms with Crippen LogP contribution in [0.15, 0.2) is 42.5 Å². The quantitative estimate of drug-likeness (QED) is 0.542. The summed E-state index contributed by atoms with van der Waals surface area (Å²) in [6.07, 6.45) is 2.59. The van der Waals surface area contributed by atoms with Crippen molar-refractivity contribution in [1.29, 1.82) is 0 Å². The van der Waals surface area contributed by atoms with E-state index >= 15 is 0 Å². The predicted molar refractivity (Wildman–Crippen MR) is 119 cm³/mol. The van der Waals surface area contributed by atoms with Gasteiger partial charge in [-0.1, -0.05) is 61.3 Å². The van der Waals surface area contributed by atoms with Gasteiger partial charge in [-0.25, -0.2) is 0 Å². The largest absolute Gasteiger partial charge is 0.487 e. The van der Waals surface area contributed by atoms with Gasteiger partial charge < -0.3 is 10.1 Å². The Morgan fingerprint density at radius 2 is 1.82 bits per heavy atom. The second-order valence-corrected chi connectivity index (χ2v) is 8.85. The molecule has 0 saturated carbocycles. The van der Waals surface area contributed by atoms with Crippen LogP contribution in [0.5, 0.6) is 5.75 Å². The third kappa shape index (κ3) is 4.79. The number of thioether (sulfide) groups is 1. The summed E-state index contributed by atoms with van der Waals surface area (Å²) >= 11 is 13.9.